The third-order valence-corrected chi connectivity index (χ3v) is 3.19. The van der Waals surface area contributed by atoms with Crippen LogP contribution >= 0.6 is 0 Å². The Labute approximate surface area is 118 Å². The van der Waals surface area contributed by atoms with E-state index < -0.39 is 4.92 Å². The zero-order valence-electron chi connectivity index (χ0n) is 12.3. The van der Waals surface area contributed by atoms with E-state index >= 15 is 0 Å². The minimum atomic E-state index is -0.461. The Kier molecular flexibility index (Phi) is 5.49. The molecule has 110 valence electrons. The molecule has 0 unspecified atom stereocenters. The van der Waals surface area contributed by atoms with Crippen molar-refractivity contribution in [3.8, 4) is 0 Å². The molecular weight excluding hydrogens is 258 g/mol. The van der Waals surface area contributed by atoms with Crippen LogP contribution in [0.15, 0.2) is 18.2 Å². The van der Waals surface area contributed by atoms with Gasteiger partial charge in [-0.05, 0) is 25.0 Å². The fraction of sp³-hybridized carbons (Fsp3) is 0.500. The molecule has 0 aromatic heterocycles. The number of hydrogen-bond donors (Lipinski definition) is 1. The predicted octanol–water partition coefficient (Wildman–Crippen LogP) is 2.90. The second kappa shape index (κ2) is 6.88. The average Bonchev–Trinajstić information content (AvgIpc) is 2.43. The zero-order valence-corrected chi connectivity index (χ0v) is 12.3. The number of anilines is 1. The smallest absolute Gasteiger partial charge is 0.293 e. The number of hydrogen-bond acceptors (Lipinski definition) is 4. The maximum absolute atomic E-state index is 11.8. The molecule has 0 heterocycles. The summed E-state index contributed by atoms with van der Waals surface area (Å²) in [5, 5.41) is 14.3. The zero-order chi connectivity index (χ0) is 15.3. The molecule has 1 N–H and O–H groups in total. The Hall–Kier alpha value is -2.11. The van der Waals surface area contributed by atoms with Gasteiger partial charge in [0, 0.05) is 31.8 Å². The maximum Gasteiger partial charge on any atom is 0.293 e. The molecule has 1 aromatic carbocycles. The van der Waals surface area contributed by atoms with Crippen LogP contribution in [0.25, 0.3) is 0 Å². The highest BCUT2D eigenvalue weighted by molar-refractivity contribution is 5.95. The molecule has 0 spiro atoms. The quantitative estimate of drug-likeness (QED) is 0.641. The Balaban J connectivity index is 3.14. The van der Waals surface area contributed by atoms with Crippen LogP contribution in [-0.4, -0.2) is 35.9 Å². The van der Waals surface area contributed by atoms with E-state index in [9.17, 15) is 14.9 Å². The SMILES string of the molecule is CCC(CC)Nc1ccc(C(=O)N(C)C)cc1[N+](=O)[O-]. The minimum absolute atomic E-state index is 0.0652. The monoisotopic (exact) mass is 279 g/mol. The number of carbonyl (C=O) groups is 1. The van der Waals surface area contributed by atoms with E-state index in [-0.39, 0.29) is 17.6 Å². The third-order valence-electron chi connectivity index (χ3n) is 3.19. The van der Waals surface area contributed by atoms with Crippen LogP contribution in [0, 0.1) is 10.1 Å². The summed E-state index contributed by atoms with van der Waals surface area (Å²) in [6.45, 7) is 4.05. The van der Waals surface area contributed by atoms with E-state index in [1.54, 1.807) is 26.2 Å². The maximum atomic E-state index is 11.8. The van der Waals surface area contributed by atoms with Gasteiger partial charge in [-0.2, -0.15) is 0 Å². The van der Waals surface area contributed by atoms with Gasteiger partial charge in [-0.1, -0.05) is 13.8 Å². The van der Waals surface area contributed by atoms with Crippen LogP contribution in [0.3, 0.4) is 0 Å². The molecule has 1 rings (SSSR count). The first-order valence-corrected chi connectivity index (χ1v) is 6.67. The topological polar surface area (TPSA) is 75.5 Å². The molecule has 0 atom stereocenters. The predicted molar refractivity (Wildman–Crippen MR) is 79.1 cm³/mol. The number of amides is 1. The highest BCUT2D eigenvalue weighted by atomic mass is 16.6. The van der Waals surface area contributed by atoms with Crippen molar-refractivity contribution >= 4 is 17.3 Å². The van der Waals surface area contributed by atoms with Crippen LogP contribution < -0.4 is 5.32 Å². The highest BCUT2D eigenvalue weighted by Crippen LogP contribution is 2.27. The summed E-state index contributed by atoms with van der Waals surface area (Å²) in [4.78, 5) is 23.9. The number of benzene rings is 1. The lowest BCUT2D eigenvalue weighted by Crippen LogP contribution is -2.22. The van der Waals surface area contributed by atoms with Crippen LogP contribution in [0.2, 0.25) is 0 Å². The number of nitrogens with zero attached hydrogens (tertiary/aromatic N) is 2. The van der Waals surface area contributed by atoms with Gasteiger partial charge < -0.3 is 10.2 Å². The van der Waals surface area contributed by atoms with Crippen LogP contribution in [0.4, 0.5) is 11.4 Å². The Morgan fingerprint density at radius 3 is 2.40 bits per heavy atom. The summed E-state index contributed by atoms with van der Waals surface area (Å²) < 4.78 is 0. The van der Waals surface area contributed by atoms with E-state index in [0.717, 1.165) is 12.8 Å². The van der Waals surface area contributed by atoms with E-state index in [4.69, 9.17) is 0 Å². The van der Waals surface area contributed by atoms with Gasteiger partial charge in [0.2, 0.25) is 0 Å². The van der Waals surface area contributed by atoms with Crippen molar-refractivity contribution in [2.75, 3.05) is 19.4 Å². The van der Waals surface area contributed by atoms with E-state index in [1.807, 2.05) is 13.8 Å². The number of nitro benzene ring substituents is 1. The number of nitrogens with one attached hydrogen (secondary N) is 1. The first-order valence-electron chi connectivity index (χ1n) is 6.67. The molecular formula is C14H21N3O3. The molecule has 0 bridgehead atoms. The molecule has 6 heteroatoms. The van der Waals surface area contributed by atoms with Crippen molar-refractivity contribution in [1.82, 2.24) is 4.90 Å². The van der Waals surface area contributed by atoms with E-state index in [1.165, 1.54) is 11.0 Å². The lowest BCUT2D eigenvalue weighted by atomic mass is 10.1. The van der Waals surface area contributed by atoms with E-state index in [2.05, 4.69) is 5.32 Å². The summed E-state index contributed by atoms with van der Waals surface area (Å²) in [5.74, 6) is -0.248. The van der Waals surface area contributed by atoms with Gasteiger partial charge in [-0.3, -0.25) is 14.9 Å². The Morgan fingerprint density at radius 1 is 1.35 bits per heavy atom. The third kappa shape index (κ3) is 3.69. The molecule has 0 aliphatic rings. The lowest BCUT2D eigenvalue weighted by Gasteiger charge is -2.17. The molecule has 6 nitrogen and oxygen atoms in total. The van der Waals surface area contributed by atoms with Crippen molar-refractivity contribution in [3.05, 3.63) is 33.9 Å². The summed E-state index contributed by atoms with van der Waals surface area (Å²) in [6.07, 6.45) is 1.76. The fourth-order valence-electron chi connectivity index (χ4n) is 1.91. The summed E-state index contributed by atoms with van der Waals surface area (Å²) in [5.41, 5.74) is 0.709. The molecule has 0 saturated heterocycles. The molecule has 0 radical (unpaired) electrons. The fourth-order valence-corrected chi connectivity index (χ4v) is 1.91. The summed E-state index contributed by atoms with van der Waals surface area (Å²) in [6, 6.07) is 4.73. The number of rotatable bonds is 6. The van der Waals surface area contributed by atoms with Crippen molar-refractivity contribution in [2.24, 2.45) is 0 Å². The van der Waals surface area contributed by atoms with Gasteiger partial charge in [0.25, 0.3) is 11.6 Å². The Morgan fingerprint density at radius 2 is 1.95 bits per heavy atom. The van der Waals surface area contributed by atoms with Crippen LogP contribution in [0.5, 0.6) is 0 Å². The van der Waals surface area contributed by atoms with Gasteiger partial charge in [0.05, 0.1) is 4.92 Å². The van der Waals surface area contributed by atoms with Gasteiger partial charge in [-0.15, -0.1) is 0 Å². The van der Waals surface area contributed by atoms with Crippen molar-refractivity contribution in [1.29, 1.82) is 0 Å². The van der Waals surface area contributed by atoms with Gasteiger partial charge >= 0.3 is 0 Å². The molecule has 0 aliphatic carbocycles. The van der Waals surface area contributed by atoms with Crippen LogP contribution in [-0.2, 0) is 0 Å². The summed E-state index contributed by atoms with van der Waals surface area (Å²) >= 11 is 0. The number of carbonyl (C=O) groups excluding carboxylic acids is 1. The highest BCUT2D eigenvalue weighted by Gasteiger charge is 2.19. The van der Waals surface area contributed by atoms with Crippen molar-refractivity contribution in [2.45, 2.75) is 32.7 Å². The minimum Gasteiger partial charge on any atom is -0.377 e. The van der Waals surface area contributed by atoms with Gasteiger partial charge in [-0.25, -0.2) is 0 Å². The Bertz CT molecular complexity index is 496. The van der Waals surface area contributed by atoms with Gasteiger partial charge in [0.1, 0.15) is 5.69 Å². The van der Waals surface area contributed by atoms with Crippen molar-refractivity contribution in [3.63, 3.8) is 0 Å². The van der Waals surface area contributed by atoms with E-state index in [0.29, 0.717) is 11.3 Å². The average molecular weight is 279 g/mol. The largest absolute Gasteiger partial charge is 0.377 e. The second-order valence-electron chi connectivity index (χ2n) is 4.85. The molecule has 0 fully saturated rings. The second-order valence-corrected chi connectivity index (χ2v) is 4.85. The van der Waals surface area contributed by atoms with Crippen molar-refractivity contribution < 1.29 is 9.72 Å². The lowest BCUT2D eigenvalue weighted by molar-refractivity contribution is -0.384. The first-order chi connectivity index (χ1) is 9.40. The number of nitro groups is 1. The molecule has 1 amide bonds. The molecule has 20 heavy (non-hydrogen) atoms. The summed E-state index contributed by atoms with van der Waals surface area (Å²) in [7, 11) is 3.23. The normalized spacial score (nSPS) is 10.4. The standard InChI is InChI=1S/C14H21N3O3/c1-5-11(6-2)15-12-8-7-10(14(18)16(3)4)9-13(12)17(19)20/h7-9,11,15H,5-6H2,1-4H3. The first kappa shape index (κ1) is 15.9. The molecule has 1 aromatic rings. The molecule has 0 aliphatic heterocycles. The van der Waals surface area contributed by atoms with Gasteiger partial charge in [0.15, 0.2) is 0 Å². The van der Waals surface area contributed by atoms with Crippen LogP contribution in [0.1, 0.15) is 37.0 Å². The molecule has 0 saturated carbocycles.